The number of aliphatic imine (C=N–C) groups is 1. The second-order valence-corrected chi connectivity index (χ2v) is 4.48. The molecular formula is C15H19N3O. The summed E-state index contributed by atoms with van der Waals surface area (Å²) in [6, 6.07) is 8.35. The van der Waals surface area contributed by atoms with Crippen molar-refractivity contribution < 1.29 is 5.11 Å². The zero-order valence-electron chi connectivity index (χ0n) is 11.3. The molecule has 0 atom stereocenters. The average Bonchev–Trinajstić information content (AvgIpc) is 2.74. The quantitative estimate of drug-likeness (QED) is 0.821. The number of nitrogens with zero attached hydrogens (tertiary/aromatic N) is 2. The van der Waals surface area contributed by atoms with Crippen LogP contribution in [0.25, 0.3) is 16.5 Å². The Morgan fingerprint density at radius 3 is 2.89 bits per heavy atom. The van der Waals surface area contributed by atoms with Crippen LogP contribution in [0.3, 0.4) is 0 Å². The van der Waals surface area contributed by atoms with Crippen LogP contribution in [0.2, 0.25) is 0 Å². The summed E-state index contributed by atoms with van der Waals surface area (Å²) in [5, 5.41) is 9.98. The maximum Gasteiger partial charge on any atom is 0.0626 e. The Balaban J connectivity index is 2.50. The molecule has 0 unspecified atom stereocenters. The summed E-state index contributed by atoms with van der Waals surface area (Å²) in [6.07, 6.45) is 3.25. The van der Waals surface area contributed by atoms with Gasteiger partial charge in [0, 0.05) is 35.9 Å². The third-order valence-corrected chi connectivity index (χ3v) is 3.24. The van der Waals surface area contributed by atoms with E-state index in [-0.39, 0.29) is 6.61 Å². The molecule has 0 aliphatic rings. The lowest BCUT2D eigenvalue weighted by molar-refractivity contribution is 0.307. The molecule has 4 heteroatoms. The highest BCUT2D eigenvalue weighted by Gasteiger charge is 2.09. The number of aromatic nitrogens is 1. The van der Waals surface area contributed by atoms with Crippen LogP contribution in [0, 0.1) is 6.92 Å². The van der Waals surface area contributed by atoms with Crippen LogP contribution in [-0.4, -0.2) is 29.0 Å². The molecule has 1 heterocycles. The molecule has 0 saturated carbocycles. The number of aliphatic hydroxyl groups excluding tert-OH is 1. The van der Waals surface area contributed by atoms with E-state index in [2.05, 4.69) is 34.7 Å². The normalized spacial score (nSPS) is 12.7. The Kier molecular flexibility index (Phi) is 4.02. The van der Waals surface area contributed by atoms with Crippen molar-refractivity contribution in [2.45, 2.75) is 6.92 Å². The van der Waals surface area contributed by atoms with Crippen molar-refractivity contribution in [3.63, 3.8) is 0 Å². The van der Waals surface area contributed by atoms with Gasteiger partial charge >= 0.3 is 0 Å². The summed E-state index contributed by atoms with van der Waals surface area (Å²) < 4.78 is 2.10. The summed E-state index contributed by atoms with van der Waals surface area (Å²) in [7, 11) is 2.01. The third-order valence-electron chi connectivity index (χ3n) is 3.24. The Labute approximate surface area is 112 Å². The van der Waals surface area contributed by atoms with Crippen molar-refractivity contribution in [2.75, 3.05) is 13.2 Å². The number of hydrogen-bond donors (Lipinski definition) is 2. The molecule has 1 aromatic carbocycles. The molecule has 0 saturated heterocycles. The molecule has 2 aromatic rings. The highest BCUT2D eigenvalue weighted by molar-refractivity contribution is 6.10. The summed E-state index contributed by atoms with van der Waals surface area (Å²) >= 11 is 0. The fourth-order valence-electron chi connectivity index (χ4n) is 2.20. The van der Waals surface area contributed by atoms with Crippen LogP contribution < -0.4 is 5.73 Å². The SMILES string of the molecule is Cc1cccc2c1cc(/C(C=NCCO)=C/N)n2C. The molecule has 0 spiro atoms. The van der Waals surface area contributed by atoms with E-state index < -0.39 is 0 Å². The molecule has 2 rings (SSSR count). The first kappa shape index (κ1) is 13.4. The van der Waals surface area contributed by atoms with E-state index in [0.717, 1.165) is 11.3 Å². The maximum atomic E-state index is 8.76. The van der Waals surface area contributed by atoms with Gasteiger partial charge in [-0.15, -0.1) is 0 Å². The Morgan fingerprint density at radius 1 is 1.47 bits per heavy atom. The fraction of sp³-hybridized carbons (Fsp3) is 0.267. The molecule has 0 fully saturated rings. The molecule has 4 nitrogen and oxygen atoms in total. The van der Waals surface area contributed by atoms with E-state index in [1.807, 2.05) is 13.1 Å². The van der Waals surface area contributed by atoms with Crippen LogP contribution in [0.4, 0.5) is 0 Å². The molecule has 0 bridgehead atoms. The van der Waals surface area contributed by atoms with Crippen LogP contribution in [0.5, 0.6) is 0 Å². The van der Waals surface area contributed by atoms with Gasteiger partial charge in [-0.2, -0.15) is 0 Å². The van der Waals surface area contributed by atoms with Crippen molar-refractivity contribution in [1.82, 2.24) is 4.57 Å². The predicted molar refractivity (Wildman–Crippen MR) is 80.3 cm³/mol. The second kappa shape index (κ2) is 5.71. The monoisotopic (exact) mass is 257 g/mol. The number of fused-ring (bicyclic) bond motifs is 1. The fourth-order valence-corrected chi connectivity index (χ4v) is 2.20. The number of hydrogen-bond acceptors (Lipinski definition) is 3. The molecule has 19 heavy (non-hydrogen) atoms. The van der Waals surface area contributed by atoms with Crippen LogP contribution in [0.1, 0.15) is 11.3 Å². The van der Waals surface area contributed by atoms with Gasteiger partial charge in [0.15, 0.2) is 0 Å². The first-order valence-electron chi connectivity index (χ1n) is 6.27. The van der Waals surface area contributed by atoms with E-state index in [0.29, 0.717) is 6.54 Å². The first-order valence-corrected chi connectivity index (χ1v) is 6.27. The van der Waals surface area contributed by atoms with Crippen molar-refractivity contribution in [3.8, 4) is 0 Å². The van der Waals surface area contributed by atoms with E-state index >= 15 is 0 Å². The van der Waals surface area contributed by atoms with Crippen molar-refractivity contribution in [3.05, 3.63) is 41.7 Å². The highest BCUT2D eigenvalue weighted by atomic mass is 16.3. The van der Waals surface area contributed by atoms with Crippen molar-refractivity contribution in [2.24, 2.45) is 17.8 Å². The number of aliphatic hydroxyl groups is 1. The zero-order chi connectivity index (χ0) is 13.8. The topological polar surface area (TPSA) is 63.5 Å². The van der Waals surface area contributed by atoms with E-state index in [9.17, 15) is 0 Å². The highest BCUT2D eigenvalue weighted by Crippen LogP contribution is 2.25. The third kappa shape index (κ3) is 2.53. The van der Waals surface area contributed by atoms with Gasteiger partial charge in [0.25, 0.3) is 0 Å². The van der Waals surface area contributed by atoms with Gasteiger partial charge in [-0.05, 0) is 24.6 Å². The summed E-state index contributed by atoms with van der Waals surface area (Å²) in [4.78, 5) is 4.13. The van der Waals surface area contributed by atoms with Gasteiger partial charge in [0.05, 0.1) is 18.8 Å². The second-order valence-electron chi connectivity index (χ2n) is 4.48. The minimum atomic E-state index is 0.0442. The van der Waals surface area contributed by atoms with Gasteiger partial charge in [-0.25, -0.2) is 0 Å². The average molecular weight is 257 g/mol. The van der Waals surface area contributed by atoms with Crippen molar-refractivity contribution in [1.29, 1.82) is 0 Å². The van der Waals surface area contributed by atoms with Crippen molar-refractivity contribution >= 4 is 22.7 Å². The summed E-state index contributed by atoms with van der Waals surface area (Å²) in [5.74, 6) is 0. The summed E-state index contributed by atoms with van der Waals surface area (Å²) in [6.45, 7) is 2.53. The number of benzene rings is 1. The van der Waals surface area contributed by atoms with E-state index in [1.165, 1.54) is 16.5 Å². The predicted octanol–water partition coefficient (Wildman–Crippen LogP) is 1.85. The lowest BCUT2D eigenvalue weighted by atomic mass is 10.1. The van der Waals surface area contributed by atoms with Gasteiger partial charge in [0.2, 0.25) is 0 Å². The van der Waals surface area contributed by atoms with Gasteiger partial charge < -0.3 is 15.4 Å². The largest absolute Gasteiger partial charge is 0.404 e. The molecule has 0 radical (unpaired) electrons. The number of nitrogens with two attached hydrogens (primary N) is 1. The molecule has 100 valence electrons. The summed E-state index contributed by atoms with van der Waals surface area (Å²) in [5.41, 5.74) is 9.97. The van der Waals surface area contributed by atoms with Crippen LogP contribution in [-0.2, 0) is 7.05 Å². The number of rotatable bonds is 4. The smallest absolute Gasteiger partial charge is 0.0626 e. The van der Waals surface area contributed by atoms with E-state index in [1.54, 1.807) is 12.4 Å². The minimum absolute atomic E-state index is 0.0442. The molecule has 0 aliphatic carbocycles. The molecule has 0 aliphatic heterocycles. The first-order chi connectivity index (χ1) is 9.19. The minimum Gasteiger partial charge on any atom is -0.404 e. The zero-order valence-corrected chi connectivity index (χ0v) is 11.3. The Hall–Kier alpha value is -2.07. The molecule has 0 amide bonds. The Morgan fingerprint density at radius 2 is 2.26 bits per heavy atom. The molecule has 3 N–H and O–H groups in total. The van der Waals surface area contributed by atoms with Crippen LogP contribution in [0.15, 0.2) is 35.5 Å². The standard InChI is InChI=1S/C15H19N3O/c1-11-4-3-5-14-13(11)8-15(18(14)2)12(9-16)10-17-6-7-19/h3-5,8-10,19H,6-7,16H2,1-2H3/b12-9+,17-10?. The van der Waals surface area contributed by atoms with Gasteiger partial charge in [-0.3, -0.25) is 4.99 Å². The molecular weight excluding hydrogens is 238 g/mol. The van der Waals surface area contributed by atoms with E-state index in [4.69, 9.17) is 10.8 Å². The molecule has 1 aromatic heterocycles. The van der Waals surface area contributed by atoms with Gasteiger partial charge in [0.1, 0.15) is 0 Å². The lowest BCUT2D eigenvalue weighted by Crippen LogP contribution is -1.99. The Bertz CT molecular complexity index is 638. The van der Waals surface area contributed by atoms with Crippen LogP contribution >= 0.6 is 0 Å². The lowest BCUT2D eigenvalue weighted by Gasteiger charge is -2.04. The van der Waals surface area contributed by atoms with Gasteiger partial charge in [-0.1, -0.05) is 12.1 Å². The number of aryl methyl sites for hydroxylation is 2. The maximum absolute atomic E-state index is 8.76. The number of allylic oxidation sites excluding steroid dienone is 1.